The van der Waals surface area contributed by atoms with Gasteiger partial charge in [0.15, 0.2) is 0 Å². The number of thioether (sulfide) groups is 1. The highest BCUT2D eigenvalue weighted by Crippen LogP contribution is 2.23. The van der Waals surface area contributed by atoms with Crippen LogP contribution >= 0.6 is 11.8 Å². The van der Waals surface area contributed by atoms with Gasteiger partial charge in [-0.05, 0) is 49.8 Å². The Hall–Kier alpha value is -2.08. The molecular formula is C19H24N4OS. The molecule has 1 fully saturated rings. The molecule has 1 aromatic carbocycles. The molecule has 132 valence electrons. The van der Waals surface area contributed by atoms with Gasteiger partial charge in [-0.15, -0.1) is 11.8 Å². The van der Waals surface area contributed by atoms with E-state index in [0.717, 1.165) is 37.4 Å². The van der Waals surface area contributed by atoms with E-state index in [1.54, 1.807) is 24.2 Å². The minimum Gasteiger partial charge on any atom is -0.349 e. The average molecular weight is 356 g/mol. The van der Waals surface area contributed by atoms with Crippen LogP contribution < -0.4 is 10.2 Å². The molecule has 1 atom stereocenters. The lowest BCUT2D eigenvalue weighted by Crippen LogP contribution is -2.41. The summed E-state index contributed by atoms with van der Waals surface area (Å²) in [5.41, 5.74) is 1.14. The van der Waals surface area contributed by atoms with Crippen molar-refractivity contribution >= 4 is 23.6 Å². The predicted octanol–water partition coefficient (Wildman–Crippen LogP) is 3.29. The topological polar surface area (TPSA) is 58.1 Å². The third-order valence-corrected chi connectivity index (χ3v) is 5.42. The lowest BCUT2D eigenvalue weighted by Gasteiger charge is -2.31. The number of piperidine rings is 1. The summed E-state index contributed by atoms with van der Waals surface area (Å²) in [5.74, 6) is 0.964. The van der Waals surface area contributed by atoms with E-state index in [0.29, 0.717) is 0 Å². The Balaban J connectivity index is 1.52. The minimum absolute atomic E-state index is 0.0268. The number of benzene rings is 1. The molecule has 25 heavy (non-hydrogen) atoms. The Morgan fingerprint density at radius 1 is 1.20 bits per heavy atom. The standard InChI is InChI=1S/C19H24N4OS/c1-14(15-4-6-17(25-2)7-5-15)22-18(24)16-8-12-23(13-9-16)19-20-10-3-11-21-19/h3-7,10-11,14,16H,8-9,12-13H2,1-2H3,(H,22,24)/t14-/m0/s1. The zero-order valence-electron chi connectivity index (χ0n) is 14.7. The van der Waals surface area contributed by atoms with Crippen molar-refractivity contribution in [2.24, 2.45) is 5.92 Å². The fourth-order valence-electron chi connectivity index (χ4n) is 3.10. The van der Waals surface area contributed by atoms with E-state index >= 15 is 0 Å². The molecule has 0 saturated carbocycles. The van der Waals surface area contributed by atoms with Crippen LogP contribution in [0.25, 0.3) is 0 Å². The SMILES string of the molecule is CSc1ccc([C@H](C)NC(=O)C2CCN(c3ncccn3)CC2)cc1. The van der Waals surface area contributed by atoms with Crippen LogP contribution in [-0.2, 0) is 4.79 Å². The van der Waals surface area contributed by atoms with Crippen molar-refractivity contribution in [1.29, 1.82) is 0 Å². The van der Waals surface area contributed by atoms with Gasteiger partial charge in [0.1, 0.15) is 0 Å². The van der Waals surface area contributed by atoms with Crippen LogP contribution in [0, 0.1) is 5.92 Å². The van der Waals surface area contributed by atoms with Gasteiger partial charge in [-0.2, -0.15) is 0 Å². The minimum atomic E-state index is 0.0268. The molecule has 0 aliphatic carbocycles. The van der Waals surface area contributed by atoms with Gasteiger partial charge in [0, 0.05) is 36.3 Å². The molecule has 0 unspecified atom stereocenters. The third-order valence-electron chi connectivity index (χ3n) is 4.68. The Morgan fingerprint density at radius 2 is 1.84 bits per heavy atom. The van der Waals surface area contributed by atoms with Crippen LogP contribution in [0.5, 0.6) is 0 Å². The molecule has 3 rings (SSSR count). The molecule has 1 saturated heterocycles. The van der Waals surface area contributed by atoms with Gasteiger partial charge in [0.25, 0.3) is 0 Å². The maximum Gasteiger partial charge on any atom is 0.225 e. The fourth-order valence-corrected chi connectivity index (χ4v) is 3.51. The Labute approximate surface area is 153 Å². The summed E-state index contributed by atoms with van der Waals surface area (Å²) in [5, 5.41) is 3.16. The number of carbonyl (C=O) groups is 1. The number of aromatic nitrogens is 2. The van der Waals surface area contributed by atoms with Gasteiger partial charge in [0.05, 0.1) is 6.04 Å². The highest BCUT2D eigenvalue weighted by atomic mass is 32.2. The summed E-state index contributed by atoms with van der Waals surface area (Å²) >= 11 is 1.72. The summed E-state index contributed by atoms with van der Waals surface area (Å²) in [7, 11) is 0. The van der Waals surface area contributed by atoms with Gasteiger partial charge < -0.3 is 10.2 Å². The summed E-state index contributed by atoms with van der Waals surface area (Å²) in [6.45, 7) is 3.68. The van der Waals surface area contributed by atoms with E-state index in [2.05, 4.69) is 50.7 Å². The number of amides is 1. The molecule has 1 amide bonds. The van der Waals surface area contributed by atoms with E-state index in [-0.39, 0.29) is 17.9 Å². The second kappa shape index (κ2) is 8.34. The molecule has 5 nitrogen and oxygen atoms in total. The third kappa shape index (κ3) is 4.51. The van der Waals surface area contributed by atoms with E-state index in [1.165, 1.54) is 4.90 Å². The molecule has 1 N–H and O–H groups in total. The fraction of sp³-hybridized carbons (Fsp3) is 0.421. The monoisotopic (exact) mass is 356 g/mol. The molecule has 0 bridgehead atoms. The molecular weight excluding hydrogens is 332 g/mol. The Kier molecular flexibility index (Phi) is 5.91. The van der Waals surface area contributed by atoms with E-state index < -0.39 is 0 Å². The first-order valence-electron chi connectivity index (χ1n) is 8.63. The van der Waals surface area contributed by atoms with Crippen LogP contribution in [0.3, 0.4) is 0 Å². The van der Waals surface area contributed by atoms with E-state index in [9.17, 15) is 4.79 Å². The smallest absolute Gasteiger partial charge is 0.225 e. The number of hydrogen-bond donors (Lipinski definition) is 1. The largest absolute Gasteiger partial charge is 0.349 e. The van der Waals surface area contributed by atoms with Crippen LogP contribution in [0.4, 0.5) is 5.95 Å². The van der Waals surface area contributed by atoms with Crippen LogP contribution in [0.1, 0.15) is 31.4 Å². The van der Waals surface area contributed by atoms with Crippen molar-refractivity contribution < 1.29 is 4.79 Å². The van der Waals surface area contributed by atoms with Crippen molar-refractivity contribution in [2.45, 2.75) is 30.7 Å². The van der Waals surface area contributed by atoms with E-state index in [4.69, 9.17) is 0 Å². The lowest BCUT2D eigenvalue weighted by atomic mass is 9.95. The molecule has 6 heteroatoms. The Morgan fingerprint density at radius 3 is 2.44 bits per heavy atom. The van der Waals surface area contributed by atoms with Crippen molar-refractivity contribution in [3.63, 3.8) is 0 Å². The van der Waals surface area contributed by atoms with E-state index in [1.807, 2.05) is 13.0 Å². The zero-order valence-corrected chi connectivity index (χ0v) is 15.5. The van der Waals surface area contributed by atoms with Crippen molar-refractivity contribution in [3.05, 3.63) is 48.3 Å². The van der Waals surface area contributed by atoms with Gasteiger partial charge in [-0.1, -0.05) is 12.1 Å². The molecule has 1 aromatic heterocycles. The van der Waals surface area contributed by atoms with Gasteiger partial charge in [-0.3, -0.25) is 4.79 Å². The van der Waals surface area contributed by atoms with Crippen molar-refractivity contribution in [2.75, 3.05) is 24.2 Å². The summed E-state index contributed by atoms with van der Waals surface area (Å²) in [6.07, 6.45) is 7.24. The highest BCUT2D eigenvalue weighted by Gasteiger charge is 2.26. The summed E-state index contributed by atoms with van der Waals surface area (Å²) in [4.78, 5) is 24.5. The van der Waals surface area contributed by atoms with Crippen molar-refractivity contribution in [3.8, 4) is 0 Å². The number of nitrogens with zero attached hydrogens (tertiary/aromatic N) is 3. The quantitative estimate of drug-likeness (QED) is 0.833. The molecule has 0 radical (unpaired) electrons. The Bertz CT molecular complexity index is 684. The maximum absolute atomic E-state index is 12.6. The number of rotatable bonds is 5. The predicted molar refractivity (Wildman–Crippen MR) is 102 cm³/mol. The number of anilines is 1. The average Bonchev–Trinajstić information content (AvgIpc) is 2.68. The molecule has 0 spiro atoms. The van der Waals surface area contributed by atoms with Gasteiger partial charge in [0.2, 0.25) is 11.9 Å². The number of hydrogen-bond acceptors (Lipinski definition) is 5. The second-order valence-electron chi connectivity index (χ2n) is 6.31. The molecule has 2 heterocycles. The van der Waals surface area contributed by atoms with Gasteiger partial charge in [-0.25, -0.2) is 9.97 Å². The molecule has 2 aromatic rings. The summed E-state index contributed by atoms with van der Waals surface area (Å²) < 4.78 is 0. The molecule has 1 aliphatic rings. The van der Waals surface area contributed by atoms with Crippen LogP contribution in [0.2, 0.25) is 0 Å². The maximum atomic E-state index is 12.6. The van der Waals surface area contributed by atoms with Crippen molar-refractivity contribution in [1.82, 2.24) is 15.3 Å². The number of nitrogens with one attached hydrogen (secondary N) is 1. The number of carbonyl (C=O) groups excluding carboxylic acids is 1. The molecule has 1 aliphatic heterocycles. The summed E-state index contributed by atoms with van der Waals surface area (Å²) in [6, 6.07) is 10.2. The lowest BCUT2D eigenvalue weighted by molar-refractivity contribution is -0.126. The first-order chi connectivity index (χ1) is 12.2. The normalized spacial score (nSPS) is 16.5. The first kappa shape index (κ1) is 17.7. The highest BCUT2D eigenvalue weighted by molar-refractivity contribution is 7.98. The zero-order chi connectivity index (χ0) is 17.6. The van der Waals surface area contributed by atoms with Gasteiger partial charge >= 0.3 is 0 Å². The van der Waals surface area contributed by atoms with Crippen LogP contribution in [-0.4, -0.2) is 35.2 Å². The first-order valence-corrected chi connectivity index (χ1v) is 9.86. The second-order valence-corrected chi connectivity index (χ2v) is 7.19. The van der Waals surface area contributed by atoms with Crippen LogP contribution in [0.15, 0.2) is 47.6 Å².